The lowest BCUT2D eigenvalue weighted by Crippen LogP contribution is -2.09. The average molecular weight is 256 g/mol. The third-order valence-corrected chi connectivity index (χ3v) is 2.77. The highest BCUT2D eigenvalue weighted by Crippen LogP contribution is 2.06. The second-order valence-electron chi connectivity index (χ2n) is 4.20. The van der Waals surface area contributed by atoms with Gasteiger partial charge in [0.05, 0.1) is 11.9 Å². The summed E-state index contributed by atoms with van der Waals surface area (Å²) in [4.78, 5) is 18.9. The zero-order valence-corrected chi connectivity index (χ0v) is 10.5. The molecule has 0 atom stereocenters. The van der Waals surface area contributed by atoms with Crippen LogP contribution in [0, 0.1) is 0 Å². The summed E-state index contributed by atoms with van der Waals surface area (Å²) in [5.41, 5.74) is 1.17. The number of aromatic amines is 1. The summed E-state index contributed by atoms with van der Waals surface area (Å²) in [6, 6.07) is 1.87. The molecule has 19 heavy (non-hydrogen) atoms. The molecule has 0 unspecified atom stereocenters. The van der Waals surface area contributed by atoms with Crippen molar-refractivity contribution in [2.24, 2.45) is 14.1 Å². The summed E-state index contributed by atoms with van der Waals surface area (Å²) >= 11 is 0. The molecule has 7 nitrogen and oxygen atoms in total. The molecule has 0 radical (unpaired) electrons. The molecule has 96 valence electrons. The largest absolute Gasteiger partial charge is 0.306 e. The van der Waals surface area contributed by atoms with E-state index in [0.29, 0.717) is 16.9 Å². The summed E-state index contributed by atoms with van der Waals surface area (Å²) in [5.74, 6) is 0.478. The van der Waals surface area contributed by atoms with E-state index in [-0.39, 0.29) is 5.56 Å². The lowest BCUT2D eigenvalue weighted by Gasteiger charge is -1.95. The van der Waals surface area contributed by atoms with Crippen molar-refractivity contribution < 1.29 is 0 Å². The van der Waals surface area contributed by atoms with Crippen molar-refractivity contribution in [2.45, 2.75) is 0 Å². The second-order valence-corrected chi connectivity index (χ2v) is 4.20. The zero-order valence-electron chi connectivity index (χ0n) is 10.5. The summed E-state index contributed by atoms with van der Waals surface area (Å²) in [7, 11) is 3.60. The van der Waals surface area contributed by atoms with Crippen molar-refractivity contribution in [2.75, 3.05) is 0 Å². The van der Waals surface area contributed by atoms with Gasteiger partial charge in [0, 0.05) is 20.3 Å². The molecule has 0 aliphatic heterocycles. The van der Waals surface area contributed by atoms with Crippen molar-refractivity contribution >= 4 is 23.2 Å². The number of rotatable bonds is 2. The minimum absolute atomic E-state index is 0.196. The first-order valence-electron chi connectivity index (χ1n) is 5.73. The highest BCUT2D eigenvalue weighted by molar-refractivity contribution is 5.75. The Labute approximate surface area is 108 Å². The van der Waals surface area contributed by atoms with E-state index in [1.54, 1.807) is 28.6 Å². The van der Waals surface area contributed by atoms with E-state index >= 15 is 0 Å². The van der Waals surface area contributed by atoms with Crippen LogP contribution in [0.4, 0.5) is 0 Å². The van der Waals surface area contributed by atoms with E-state index in [9.17, 15) is 4.79 Å². The molecule has 0 spiro atoms. The molecule has 0 fully saturated rings. The van der Waals surface area contributed by atoms with Crippen LogP contribution in [0.25, 0.3) is 23.2 Å². The van der Waals surface area contributed by atoms with Gasteiger partial charge in [-0.3, -0.25) is 14.2 Å². The average Bonchev–Trinajstić information content (AvgIpc) is 2.95. The number of hydrogen-bond donors (Lipinski definition) is 1. The maximum Gasteiger partial charge on any atom is 0.262 e. The Morgan fingerprint density at radius 1 is 1.32 bits per heavy atom. The maximum absolute atomic E-state index is 11.8. The number of hydrogen-bond acceptors (Lipinski definition) is 4. The van der Waals surface area contributed by atoms with E-state index in [1.165, 1.54) is 6.20 Å². The normalized spacial score (nSPS) is 11.7. The lowest BCUT2D eigenvalue weighted by molar-refractivity contribution is 0.764. The van der Waals surface area contributed by atoms with E-state index in [0.717, 1.165) is 5.69 Å². The SMILES string of the molecule is Cn1ccc(/C=C/c2nc3c(cnn3C)c(=O)[nH]2)n1. The molecule has 3 rings (SSSR count). The Kier molecular flexibility index (Phi) is 2.52. The van der Waals surface area contributed by atoms with Gasteiger partial charge in [0.15, 0.2) is 5.65 Å². The first-order chi connectivity index (χ1) is 9.13. The topological polar surface area (TPSA) is 81.4 Å². The Hall–Kier alpha value is -2.70. The third kappa shape index (κ3) is 2.05. The van der Waals surface area contributed by atoms with Crippen LogP contribution in [-0.4, -0.2) is 29.5 Å². The molecule has 7 heteroatoms. The van der Waals surface area contributed by atoms with Crippen LogP contribution in [0.2, 0.25) is 0 Å². The van der Waals surface area contributed by atoms with Gasteiger partial charge in [-0.05, 0) is 18.2 Å². The maximum atomic E-state index is 11.8. The van der Waals surface area contributed by atoms with Gasteiger partial charge < -0.3 is 4.98 Å². The molecule has 0 aromatic carbocycles. The van der Waals surface area contributed by atoms with E-state index in [1.807, 2.05) is 19.3 Å². The van der Waals surface area contributed by atoms with Crippen LogP contribution in [-0.2, 0) is 14.1 Å². The van der Waals surface area contributed by atoms with Crippen LogP contribution in [0.5, 0.6) is 0 Å². The smallest absolute Gasteiger partial charge is 0.262 e. The fraction of sp³-hybridized carbons (Fsp3) is 0.167. The lowest BCUT2D eigenvalue weighted by atomic mass is 10.3. The van der Waals surface area contributed by atoms with Gasteiger partial charge in [0.2, 0.25) is 0 Å². The third-order valence-electron chi connectivity index (χ3n) is 2.77. The Bertz CT molecular complexity index is 822. The van der Waals surface area contributed by atoms with Gasteiger partial charge in [0.25, 0.3) is 5.56 Å². The van der Waals surface area contributed by atoms with Crippen molar-refractivity contribution in [1.29, 1.82) is 0 Å². The molecular weight excluding hydrogens is 244 g/mol. The fourth-order valence-electron chi connectivity index (χ4n) is 1.81. The molecule has 0 aliphatic rings. The van der Waals surface area contributed by atoms with E-state index in [4.69, 9.17) is 0 Å². The number of H-pyrrole nitrogens is 1. The quantitative estimate of drug-likeness (QED) is 0.726. The van der Waals surface area contributed by atoms with Crippen molar-refractivity contribution in [3.63, 3.8) is 0 Å². The van der Waals surface area contributed by atoms with Crippen LogP contribution < -0.4 is 5.56 Å². The summed E-state index contributed by atoms with van der Waals surface area (Å²) in [6.07, 6.45) is 6.87. The summed E-state index contributed by atoms with van der Waals surface area (Å²) in [5, 5.41) is 8.71. The number of aromatic nitrogens is 6. The molecule has 3 aromatic heterocycles. The van der Waals surface area contributed by atoms with Gasteiger partial charge in [-0.1, -0.05) is 0 Å². The van der Waals surface area contributed by atoms with Gasteiger partial charge in [0.1, 0.15) is 11.2 Å². The van der Waals surface area contributed by atoms with Crippen LogP contribution in [0.1, 0.15) is 11.5 Å². The second kappa shape index (κ2) is 4.20. The molecule has 0 amide bonds. The minimum atomic E-state index is -0.196. The number of aryl methyl sites for hydroxylation is 2. The van der Waals surface area contributed by atoms with Crippen molar-refractivity contribution in [3.8, 4) is 0 Å². The molecular formula is C12H12N6O. The fourth-order valence-corrected chi connectivity index (χ4v) is 1.81. The van der Waals surface area contributed by atoms with Crippen LogP contribution in [0.15, 0.2) is 23.3 Å². The van der Waals surface area contributed by atoms with Crippen molar-refractivity contribution in [1.82, 2.24) is 29.5 Å². The van der Waals surface area contributed by atoms with Crippen LogP contribution in [0.3, 0.4) is 0 Å². The number of fused-ring (bicyclic) bond motifs is 1. The van der Waals surface area contributed by atoms with Crippen molar-refractivity contribution in [3.05, 3.63) is 40.3 Å². The minimum Gasteiger partial charge on any atom is -0.306 e. The molecule has 0 saturated heterocycles. The first kappa shape index (κ1) is 11.4. The Morgan fingerprint density at radius 2 is 2.16 bits per heavy atom. The van der Waals surface area contributed by atoms with Gasteiger partial charge in [-0.25, -0.2) is 4.98 Å². The van der Waals surface area contributed by atoms with E-state index in [2.05, 4.69) is 20.2 Å². The molecule has 1 N–H and O–H groups in total. The summed E-state index contributed by atoms with van der Waals surface area (Å²) < 4.78 is 3.28. The molecule has 0 bridgehead atoms. The Morgan fingerprint density at radius 3 is 2.89 bits per heavy atom. The standard InChI is InChI=1S/C12H12N6O/c1-17-6-5-8(16-17)3-4-10-14-11-9(12(19)15-10)7-13-18(11)2/h3-7H,1-2H3,(H,14,15,19)/b4-3+. The number of nitrogens with zero attached hydrogens (tertiary/aromatic N) is 5. The highest BCUT2D eigenvalue weighted by Gasteiger charge is 2.06. The van der Waals surface area contributed by atoms with Gasteiger partial charge >= 0.3 is 0 Å². The van der Waals surface area contributed by atoms with Gasteiger partial charge in [-0.2, -0.15) is 10.2 Å². The molecule has 0 aliphatic carbocycles. The number of nitrogens with one attached hydrogen (secondary N) is 1. The molecule has 3 heterocycles. The molecule has 0 saturated carbocycles. The highest BCUT2D eigenvalue weighted by atomic mass is 16.1. The zero-order chi connectivity index (χ0) is 13.4. The monoisotopic (exact) mass is 256 g/mol. The predicted molar refractivity (Wildman–Crippen MR) is 71.3 cm³/mol. The van der Waals surface area contributed by atoms with E-state index < -0.39 is 0 Å². The molecule has 3 aromatic rings. The Balaban J connectivity index is 2.03. The first-order valence-corrected chi connectivity index (χ1v) is 5.73. The van der Waals surface area contributed by atoms with Gasteiger partial charge in [-0.15, -0.1) is 0 Å². The summed E-state index contributed by atoms with van der Waals surface area (Å²) in [6.45, 7) is 0. The predicted octanol–water partition coefficient (Wildman–Crippen LogP) is 0.560. The van der Waals surface area contributed by atoms with Crippen LogP contribution >= 0.6 is 0 Å².